The number of ether oxygens (including phenoxy) is 1. The summed E-state index contributed by atoms with van der Waals surface area (Å²) in [6.07, 6.45) is 7.60. The molecule has 1 aromatic rings. The summed E-state index contributed by atoms with van der Waals surface area (Å²) in [5, 5.41) is 10.3. The van der Waals surface area contributed by atoms with E-state index in [2.05, 4.69) is 28.9 Å². The first kappa shape index (κ1) is 18.7. The Morgan fingerprint density at radius 2 is 1.72 bits per heavy atom. The Labute approximate surface area is 152 Å². The third-order valence-electron chi connectivity index (χ3n) is 5.74. The van der Waals surface area contributed by atoms with Crippen molar-refractivity contribution in [3.8, 4) is 5.75 Å². The highest BCUT2D eigenvalue weighted by Gasteiger charge is 2.25. The first-order valence-electron chi connectivity index (χ1n) is 10.1. The van der Waals surface area contributed by atoms with E-state index in [4.69, 9.17) is 4.74 Å². The van der Waals surface area contributed by atoms with Gasteiger partial charge >= 0.3 is 0 Å². The molecule has 4 nitrogen and oxygen atoms in total. The van der Waals surface area contributed by atoms with Gasteiger partial charge in [0.2, 0.25) is 0 Å². The average Bonchev–Trinajstić information content (AvgIpc) is 2.68. The summed E-state index contributed by atoms with van der Waals surface area (Å²) in [6, 6.07) is 8.98. The monoisotopic (exact) mass is 346 g/mol. The lowest BCUT2D eigenvalue weighted by molar-refractivity contribution is 0.0312. The molecule has 3 rings (SSSR count). The van der Waals surface area contributed by atoms with E-state index < -0.39 is 6.10 Å². The highest BCUT2D eigenvalue weighted by Crippen LogP contribution is 2.23. The van der Waals surface area contributed by atoms with Gasteiger partial charge in [-0.2, -0.15) is 0 Å². The van der Waals surface area contributed by atoms with E-state index in [9.17, 15) is 5.11 Å². The molecule has 25 heavy (non-hydrogen) atoms. The molecular weight excluding hydrogens is 312 g/mol. The zero-order valence-corrected chi connectivity index (χ0v) is 15.7. The third-order valence-corrected chi connectivity index (χ3v) is 5.74. The normalized spacial score (nSPS) is 22.0. The van der Waals surface area contributed by atoms with Crippen LogP contribution in [-0.4, -0.2) is 66.4 Å². The minimum Gasteiger partial charge on any atom is -0.491 e. The van der Waals surface area contributed by atoms with Gasteiger partial charge in [0.1, 0.15) is 18.5 Å². The number of hydrogen-bond donors (Lipinski definition) is 1. The Morgan fingerprint density at radius 3 is 2.36 bits per heavy atom. The lowest BCUT2D eigenvalue weighted by Gasteiger charge is -2.41. The highest BCUT2D eigenvalue weighted by atomic mass is 16.5. The molecule has 1 saturated carbocycles. The Balaban J connectivity index is 1.35. The summed E-state index contributed by atoms with van der Waals surface area (Å²) in [5.41, 5.74) is 1.31. The molecule has 1 aliphatic carbocycles. The molecule has 0 radical (unpaired) electrons. The average molecular weight is 347 g/mol. The van der Waals surface area contributed by atoms with Crippen LogP contribution in [0.3, 0.4) is 0 Å². The van der Waals surface area contributed by atoms with Crippen molar-refractivity contribution in [2.45, 2.75) is 57.6 Å². The minimum absolute atomic E-state index is 0.369. The lowest BCUT2D eigenvalue weighted by Crippen LogP contribution is -2.52. The fraction of sp³-hybridized carbons (Fsp3) is 0.714. The van der Waals surface area contributed by atoms with Gasteiger partial charge in [-0.15, -0.1) is 0 Å². The van der Waals surface area contributed by atoms with Crippen LogP contribution in [0.15, 0.2) is 24.3 Å². The van der Waals surface area contributed by atoms with Gasteiger partial charge in [0, 0.05) is 38.8 Å². The Morgan fingerprint density at radius 1 is 1.04 bits per heavy atom. The fourth-order valence-corrected chi connectivity index (χ4v) is 4.12. The van der Waals surface area contributed by atoms with Crippen LogP contribution in [0.1, 0.15) is 44.6 Å². The number of benzene rings is 1. The van der Waals surface area contributed by atoms with Crippen LogP contribution in [-0.2, 0) is 6.42 Å². The number of nitrogens with zero attached hydrogens (tertiary/aromatic N) is 2. The molecule has 4 heteroatoms. The Kier molecular flexibility index (Phi) is 7.14. The fourth-order valence-electron chi connectivity index (χ4n) is 4.12. The van der Waals surface area contributed by atoms with Gasteiger partial charge in [-0.3, -0.25) is 9.80 Å². The smallest absolute Gasteiger partial charge is 0.119 e. The van der Waals surface area contributed by atoms with Crippen LogP contribution in [0.5, 0.6) is 5.75 Å². The molecule has 0 bridgehead atoms. The van der Waals surface area contributed by atoms with Gasteiger partial charge in [0.05, 0.1) is 0 Å². The van der Waals surface area contributed by atoms with E-state index in [0.717, 1.165) is 44.4 Å². The van der Waals surface area contributed by atoms with Crippen molar-refractivity contribution in [2.75, 3.05) is 39.3 Å². The summed E-state index contributed by atoms with van der Waals surface area (Å²) < 4.78 is 5.74. The van der Waals surface area contributed by atoms with Crippen LogP contribution in [0.25, 0.3) is 0 Å². The molecule has 1 heterocycles. The molecule has 0 aromatic heterocycles. The number of β-amino-alcohol motifs (C(OH)–C–C–N with tert-alkyl or cyclic N) is 1. The number of rotatable bonds is 7. The van der Waals surface area contributed by atoms with E-state index in [1.807, 2.05) is 12.1 Å². The van der Waals surface area contributed by atoms with E-state index in [1.54, 1.807) is 0 Å². The summed E-state index contributed by atoms with van der Waals surface area (Å²) >= 11 is 0. The van der Waals surface area contributed by atoms with Crippen LogP contribution in [0.4, 0.5) is 0 Å². The number of piperazine rings is 1. The second-order valence-corrected chi connectivity index (χ2v) is 7.59. The highest BCUT2D eigenvalue weighted by molar-refractivity contribution is 5.27. The van der Waals surface area contributed by atoms with Gasteiger partial charge in [0.25, 0.3) is 0 Å². The molecule has 1 aliphatic heterocycles. The Hall–Kier alpha value is -1.10. The van der Waals surface area contributed by atoms with Crippen LogP contribution in [0, 0.1) is 0 Å². The summed E-state index contributed by atoms with van der Waals surface area (Å²) in [6.45, 7) is 7.67. The summed E-state index contributed by atoms with van der Waals surface area (Å²) in [4.78, 5) is 5.06. The van der Waals surface area contributed by atoms with Crippen molar-refractivity contribution in [3.05, 3.63) is 29.8 Å². The maximum absolute atomic E-state index is 10.3. The van der Waals surface area contributed by atoms with Crippen molar-refractivity contribution >= 4 is 0 Å². The molecular formula is C21H34N2O2. The van der Waals surface area contributed by atoms with Gasteiger partial charge in [-0.25, -0.2) is 0 Å². The predicted molar refractivity (Wildman–Crippen MR) is 102 cm³/mol. The van der Waals surface area contributed by atoms with Crippen LogP contribution < -0.4 is 4.74 Å². The van der Waals surface area contributed by atoms with E-state index >= 15 is 0 Å². The second kappa shape index (κ2) is 9.56. The van der Waals surface area contributed by atoms with E-state index in [1.165, 1.54) is 37.7 Å². The second-order valence-electron chi connectivity index (χ2n) is 7.59. The molecule has 2 fully saturated rings. The van der Waals surface area contributed by atoms with Crippen molar-refractivity contribution in [3.63, 3.8) is 0 Å². The quantitative estimate of drug-likeness (QED) is 0.823. The Bertz CT molecular complexity index is 491. The van der Waals surface area contributed by atoms with Crippen LogP contribution in [0.2, 0.25) is 0 Å². The molecule has 2 aliphatic rings. The predicted octanol–water partition coefficient (Wildman–Crippen LogP) is 2.94. The van der Waals surface area contributed by atoms with E-state index in [0.29, 0.717) is 13.2 Å². The molecule has 1 aromatic carbocycles. The topological polar surface area (TPSA) is 35.9 Å². The maximum Gasteiger partial charge on any atom is 0.119 e. The summed E-state index contributed by atoms with van der Waals surface area (Å²) in [5.74, 6) is 0.846. The van der Waals surface area contributed by atoms with E-state index in [-0.39, 0.29) is 0 Å². The molecule has 0 amide bonds. The maximum atomic E-state index is 10.3. The van der Waals surface area contributed by atoms with Crippen molar-refractivity contribution in [1.29, 1.82) is 0 Å². The van der Waals surface area contributed by atoms with Gasteiger partial charge < -0.3 is 9.84 Å². The summed E-state index contributed by atoms with van der Waals surface area (Å²) in [7, 11) is 0. The molecule has 1 atom stereocenters. The van der Waals surface area contributed by atoms with Gasteiger partial charge in [0.15, 0.2) is 0 Å². The zero-order chi connectivity index (χ0) is 17.5. The standard InChI is InChI=1S/C21H34N2O2/c1-2-18-8-10-21(11-9-18)25-17-20(24)16-22-12-14-23(15-13-22)19-6-4-3-5-7-19/h8-11,19-20,24H,2-7,12-17H2,1H3. The molecule has 140 valence electrons. The molecule has 1 unspecified atom stereocenters. The lowest BCUT2D eigenvalue weighted by atomic mass is 9.94. The van der Waals surface area contributed by atoms with Crippen molar-refractivity contribution in [2.24, 2.45) is 0 Å². The van der Waals surface area contributed by atoms with Gasteiger partial charge in [-0.1, -0.05) is 38.3 Å². The first-order chi connectivity index (χ1) is 12.2. The molecule has 0 spiro atoms. The SMILES string of the molecule is CCc1ccc(OCC(O)CN2CCN(C3CCCCC3)CC2)cc1. The zero-order valence-electron chi connectivity index (χ0n) is 15.7. The third kappa shape index (κ3) is 5.70. The molecule has 1 saturated heterocycles. The number of aryl methyl sites for hydroxylation is 1. The van der Waals surface area contributed by atoms with Crippen molar-refractivity contribution in [1.82, 2.24) is 9.80 Å². The van der Waals surface area contributed by atoms with Crippen LogP contribution >= 0.6 is 0 Å². The minimum atomic E-state index is -0.424. The van der Waals surface area contributed by atoms with Crippen molar-refractivity contribution < 1.29 is 9.84 Å². The largest absolute Gasteiger partial charge is 0.491 e. The number of aliphatic hydroxyl groups is 1. The number of aliphatic hydroxyl groups excluding tert-OH is 1. The van der Waals surface area contributed by atoms with Gasteiger partial charge in [-0.05, 0) is 37.0 Å². The molecule has 1 N–H and O–H groups in total. The number of hydrogen-bond acceptors (Lipinski definition) is 4. The first-order valence-corrected chi connectivity index (χ1v) is 10.1.